The van der Waals surface area contributed by atoms with Crippen LogP contribution in [0.5, 0.6) is 11.5 Å². The zero-order valence-electron chi connectivity index (χ0n) is 13.0. The Kier molecular flexibility index (Phi) is 3.99. The molecule has 7 heteroatoms. The Morgan fingerprint density at radius 1 is 1.25 bits per heavy atom. The van der Waals surface area contributed by atoms with E-state index in [2.05, 4.69) is 5.32 Å². The number of aliphatic hydroxyl groups is 1. The summed E-state index contributed by atoms with van der Waals surface area (Å²) in [7, 11) is 2.97. The number of carbonyl (C=O) groups excluding carboxylic acids is 2. The lowest BCUT2D eigenvalue weighted by atomic mass is 9.95. The van der Waals surface area contributed by atoms with E-state index in [-0.39, 0.29) is 11.3 Å². The Labute approximate surface area is 137 Å². The van der Waals surface area contributed by atoms with Crippen LogP contribution in [0, 0.1) is 0 Å². The maximum atomic E-state index is 12.6. The quantitative estimate of drug-likeness (QED) is 0.816. The molecule has 2 N–H and O–H groups in total. The number of aliphatic hydroxyl groups excluding tert-OH is 1. The smallest absolute Gasteiger partial charge is 0.287 e. The van der Waals surface area contributed by atoms with Gasteiger partial charge in [-0.1, -0.05) is 0 Å². The van der Waals surface area contributed by atoms with Crippen LogP contribution in [-0.4, -0.2) is 31.0 Å². The Morgan fingerprint density at radius 3 is 2.67 bits per heavy atom. The minimum Gasteiger partial charge on any atom is -0.503 e. The van der Waals surface area contributed by atoms with Crippen molar-refractivity contribution < 1.29 is 28.6 Å². The molecule has 1 aromatic heterocycles. The van der Waals surface area contributed by atoms with Crippen molar-refractivity contribution in [2.75, 3.05) is 14.2 Å². The predicted molar refractivity (Wildman–Crippen MR) is 83.1 cm³/mol. The van der Waals surface area contributed by atoms with Crippen LogP contribution in [0.25, 0.3) is 0 Å². The summed E-state index contributed by atoms with van der Waals surface area (Å²) in [5, 5.41) is 12.7. The zero-order chi connectivity index (χ0) is 17.3. The lowest BCUT2D eigenvalue weighted by Crippen LogP contribution is -2.24. The second kappa shape index (κ2) is 6.11. The first kappa shape index (κ1) is 15.7. The molecule has 0 saturated carbocycles. The first-order valence-electron chi connectivity index (χ1n) is 7.11. The Balaban J connectivity index is 2.11. The highest BCUT2D eigenvalue weighted by Gasteiger charge is 2.39. The number of ketones is 1. The Morgan fingerprint density at radius 2 is 2.04 bits per heavy atom. The van der Waals surface area contributed by atoms with Crippen LogP contribution >= 0.6 is 0 Å². The molecule has 0 unspecified atom stereocenters. The second-order valence-corrected chi connectivity index (χ2v) is 5.08. The summed E-state index contributed by atoms with van der Waals surface area (Å²) < 4.78 is 15.6. The molecule has 1 amide bonds. The number of nitrogens with one attached hydrogen (secondary N) is 1. The van der Waals surface area contributed by atoms with Crippen molar-refractivity contribution in [1.82, 2.24) is 5.32 Å². The molecular formula is C17H15NO6. The molecule has 124 valence electrons. The van der Waals surface area contributed by atoms with Gasteiger partial charge >= 0.3 is 0 Å². The molecule has 0 radical (unpaired) electrons. The number of carbonyl (C=O) groups is 2. The van der Waals surface area contributed by atoms with Crippen LogP contribution < -0.4 is 14.8 Å². The Bertz CT molecular complexity index is 822. The fourth-order valence-corrected chi connectivity index (χ4v) is 2.61. The number of hydrogen-bond donors (Lipinski definition) is 2. The van der Waals surface area contributed by atoms with E-state index in [9.17, 15) is 14.7 Å². The normalized spacial score (nSPS) is 16.9. The van der Waals surface area contributed by atoms with Crippen LogP contribution in [-0.2, 0) is 4.79 Å². The number of amides is 1. The molecule has 1 aliphatic heterocycles. The van der Waals surface area contributed by atoms with Gasteiger partial charge in [0.15, 0.2) is 11.5 Å². The van der Waals surface area contributed by atoms with Gasteiger partial charge in [-0.25, -0.2) is 0 Å². The summed E-state index contributed by atoms with van der Waals surface area (Å²) in [6.07, 6.45) is 1.34. The molecule has 1 aromatic carbocycles. The molecule has 2 aromatic rings. The van der Waals surface area contributed by atoms with Crippen molar-refractivity contribution >= 4 is 11.7 Å². The van der Waals surface area contributed by atoms with E-state index in [1.165, 1.54) is 26.5 Å². The molecule has 1 aliphatic rings. The second-order valence-electron chi connectivity index (χ2n) is 5.08. The molecule has 1 atom stereocenters. The summed E-state index contributed by atoms with van der Waals surface area (Å²) in [4.78, 5) is 24.5. The van der Waals surface area contributed by atoms with Gasteiger partial charge in [-0.3, -0.25) is 9.59 Å². The number of methoxy groups -OCH3 is 2. The van der Waals surface area contributed by atoms with Crippen LogP contribution in [0.3, 0.4) is 0 Å². The first-order valence-corrected chi connectivity index (χ1v) is 7.11. The number of Topliss-reactive ketones (excluding diaryl/α,β-unsaturated/α-hetero) is 1. The van der Waals surface area contributed by atoms with Crippen molar-refractivity contribution in [3.8, 4) is 11.5 Å². The SMILES string of the molecule is COc1ccc(OC)c([C@H]2NC(=O)C(O)=C2C(=O)c2ccco2)c1. The maximum absolute atomic E-state index is 12.6. The van der Waals surface area contributed by atoms with Gasteiger partial charge in [0.1, 0.15) is 11.5 Å². The largest absolute Gasteiger partial charge is 0.503 e. The number of hydrogen-bond acceptors (Lipinski definition) is 6. The molecule has 0 spiro atoms. The highest BCUT2D eigenvalue weighted by Crippen LogP contribution is 2.38. The van der Waals surface area contributed by atoms with E-state index >= 15 is 0 Å². The van der Waals surface area contributed by atoms with Crippen molar-refractivity contribution in [1.29, 1.82) is 0 Å². The molecule has 2 heterocycles. The average molecular weight is 329 g/mol. The molecular weight excluding hydrogens is 314 g/mol. The molecule has 24 heavy (non-hydrogen) atoms. The lowest BCUT2D eigenvalue weighted by molar-refractivity contribution is -0.119. The van der Waals surface area contributed by atoms with E-state index in [1.54, 1.807) is 24.3 Å². The first-order chi connectivity index (χ1) is 11.6. The fraction of sp³-hybridized carbons (Fsp3) is 0.176. The summed E-state index contributed by atoms with van der Waals surface area (Å²) >= 11 is 0. The number of ether oxygens (including phenoxy) is 2. The topological polar surface area (TPSA) is 98.0 Å². The van der Waals surface area contributed by atoms with E-state index in [0.29, 0.717) is 17.1 Å². The maximum Gasteiger partial charge on any atom is 0.287 e. The number of benzene rings is 1. The Hall–Kier alpha value is -3.22. The van der Waals surface area contributed by atoms with E-state index < -0.39 is 23.5 Å². The van der Waals surface area contributed by atoms with E-state index in [4.69, 9.17) is 13.9 Å². The van der Waals surface area contributed by atoms with Gasteiger partial charge in [0, 0.05) is 5.56 Å². The summed E-state index contributed by atoms with van der Waals surface area (Å²) in [6.45, 7) is 0. The molecule has 7 nitrogen and oxygen atoms in total. The summed E-state index contributed by atoms with van der Waals surface area (Å²) in [5.74, 6) is -0.950. The standard InChI is InChI=1S/C17H15NO6/c1-22-9-5-6-11(23-2)10(8-9)14-13(16(20)17(21)18-14)15(19)12-4-3-7-24-12/h3-8,14,20H,1-2H3,(H,18,21)/t14-/m1/s1. The van der Waals surface area contributed by atoms with Crippen molar-refractivity contribution in [3.05, 3.63) is 59.3 Å². The van der Waals surface area contributed by atoms with Gasteiger partial charge in [0.2, 0.25) is 5.78 Å². The molecule has 0 fully saturated rings. The summed E-state index contributed by atoms with van der Waals surface area (Å²) in [5.41, 5.74) is 0.394. The van der Waals surface area contributed by atoms with Gasteiger partial charge in [0.05, 0.1) is 32.1 Å². The lowest BCUT2D eigenvalue weighted by Gasteiger charge is -2.18. The van der Waals surface area contributed by atoms with E-state index in [1.807, 2.05) is 0 Å². The molecule has 0 aliphatic carbocycles. The van der Waals surface area contributed by atoms with Crippen molar-refractivity contribution in [2.24, 2.45) is 0 Å². The third-order valence-corrected chi connectivity index (χ3v) is 3.77. The predicted octanol–water partition coefficient (Wildman–Crippen LogP) is 2.16. The van der Waals surface area contributed by atoms with Crippen molar-refractivity contribution in [2.45, 2.75) is 6.04 Å². The van der Waals surface area contributed by atoms with Crippen molar-refractivity contribution in [3.63, 3.8) is 0 Å². The van der Waals surface area contributed by atoms with Gasteiger partial charge in [0.25, 0.3) is 5.91 Å². The minimum atomic E-state index is -0.875. The third-order valence-electron chi connectivity index (χ3n) is 3.77. The van der Waals surface area contributed by atoms with Gasteiger partial charge in [-0.2, -0.15) is 0 Å². The van der Waals surface area contributed by atoms with Crippen LogP contribution in [0.15, 0.2) is 52.3 Å². The minimum absolute atomic E-state index is 0.0277. The highest BCUT2D eigenvalue weighted by atomic mass is 16.5. The van der Waals surface area contributed by atoms with Crippen LogP contribution in [0.1, 0.15) is 22.2 Å². The molecule has 3 rings (SSSR count). The number of rotatable bonds is 5. The summed E-state index contributed by atoms with van der Waals surface area (Å²) in [6, 6.07) is 7.13. The van der Waals surface area contributed by atoms with Gasteiger partial charge in [-0.05, 0) is 30.3 Å². The average Bonchev–Trinajstić information content (AvgIpc) is 3.23. The van der Waals surface area contributed by atoms with Gasteiger partial charge < -0.3 is 24.3 Å². The fourth-order valence-electron chi connectivity index (χ4n) is 2.61. The monoisotopic (exact) mass is 329 g/mol. The van der Waals surface area contributed by atoms with E-state index in [0.717, 1.165) is 0 Å². The zero-order valence-corrected chi connectivity index (χ0v) is 13.0. The van der Waals surface area contributed by atoms with Crippen LogP contribution in [0.2, 0.25) is 0 Å². The highest BCUT2D eigenvalue weighted by molar-refractivity contribution is 6.15. The number of furan rings is 1. The molecule has 0 saturated heterocycles. The third kappa shape index (κ3) is 2.50. The van der Waals surface area contributed by atoms with Crippen LogP contribution in [0.4, 0.5) is 0 Å². The van der Waals surface area contributed by atoms with Gasteiger partial charge in [-0.15, -0.1) is 0 Å². The molecule has 0 bridgehead atoms.